The van der Waals surface area contributed by atoms with E-state index in [1.807, 2.05) is 19.9 Å². The fraction of sp³-hybridized carbons (Fsp3) is 0.333. The Morgan fingerprint density at radius 2 is 2.26 bits per heavy atom. The standard InChI is InChI=1S/C18H19FN2O2/c1-18(2)10-15(14-6-5-13(19)9-16(14)23-18)21-17(22)8-12-4-3-7-20-11-12/h3-7,9,11,15H,8,10H2,1-2H3,(H,21,22)/t15-/m1/s1. The summed E-state index contributed by atoms with van der Waals surface area (Å²) in [5.41, 5.74) is 1.20. The molecule has 2 aromatic rings. The number of benzene rings is 1. The predicted molar refractivity (Wildman–Crippen MR) is 84.5 cm³/mol. The molecule has 1 amide bonds. The molecule has 120 valence electrons. The van der Waals surface area contributed by atoms with E-state index in [1.54, 1.807) is 24.5 Å². The number of amides is 1. The Hall–Kier alpha value is -2.43. The minimum absolute atomic E-state index is 0.0871. The SMILES string of the molecule is CC1(C)C[C@@H](NC(=O)Cc2cccnc2)c2ccc(F)cc2O1. The van der Waals surface area contributed by atoms with Crippen molar-refractivity contribution in [2.24, 2.45) is 0 Å². The highest BCUT2D eigenvalue weighted by atomic mass is 19.1. The van der Waals surface area contributed by atoms with Crippen LogP contribution < -0.4 is 10.1 Å². The van der Waals surface area contributed by atoms with Crippen molar-refractivity contribution >= 4 is 5.91 Å². The van der Waals surface area contributed by atoms with E-state index < -0.39 is 5.60 Å². The molecule has 0 spiro atoms. The molecule has 1 atom stereocenters. The van der Waals surface area contributed by atoms with Crippen molar-refractivity contribution in [1.82, 2.24) is 10.3 Å². The van der Waals surface area contributed by atoms with Gasteiger partial charge in [0.1, 0.15) is 17.2 Å². The second kappa shape index (κ2) is 5.99. The highest BCUT2D eigenvalue weighted by Gasteiger charge is 2.34. The van der Waals surface area contributed by atoms with E-state index in [-0.39, 0.29) is 24.2 Å². The lowest BCUT2D eigenvalue weighted by atomic mass is 9.89. The number of halogens is 1. The Bertz CT molecular complexity index is 716. The van der Waals surface area contributed by atoms with E-state index in [4.69, 9.17) is 4.74 Å². The van der Waals surface area contributed by atoms with Crippen LogP contribution in [-0.2, 0) is 11.2 Å². The van der Waals surface area contributed by atoms with E-state index in [2.05, 4.69) is 10.3 Å². The Morgan fingerprint density at radius 1 is 1.43 bits per heavy atom. The van der Waals surface area contributed by atoms with Gasteiger partial charge in [0.15, 0.2) is 0 Å². The Morgan fingerprint density at radius 3 is 3.00 bits per heavy atom. The molecule has 2 heterocycles. The summed E-state index contributed by atoms with van der Waals surface area (Å²) in [5.74, 6) is 0.0609. The van der Waals surface area contributed by atoms with Crippen LogP contribution in [0, 0.1) is 5.82 Å². The molecule has 0 radical (unpaired) electrons. The molecule has 1 aromatic carbocycles. The van der Waals surface area contributed by atoms with Gasteiger partial charge in [-0.05, 0) is 31.5 Å². The number of hydrogen-bond donors (Lipinski definition) is 1. The molecule has 1 N–H and O–H groups in total. The lowest BCUT2D eigenvalue weighted by Gasteiger charge is -2.37. The number of fused-ring (bicyclic) bond motifs is 1. The number of nitrogens with one attached hydrogen (secondary N) is 1. The van der Waals surface area contributed by atoms with E-state index in [0.29, 0.717) is 12.2 Å². The molecule has 4 nitrogen and oxygen atoms in total. The van der Waals surface area contributed by atoms with Gasteiger partial charge in [0.25, 0.3) is 0 Å². The Balaban J connectivity index is 1.78. The highest BCUT2D eigenvalue weighted by molar-refractivity contribution is 5.79. The van der Waals surface area contributed by atoms with Crippen LogP contribution in [0.25, 0.3) is 0 Å². The maximum Gasteiger partial charge on any atom is 0.224 e. The predicted octanol–water partition coefficient (Wildman–Crippen LogP) is 3.18. The van der Waals surface area contributed by atoms with Gasteiger partial charge in [-0.1, -0.05) is 12.1 Å². The quantitative estimate of drug-likeness (QED) is 0.946. The number of nitrogens with zero attached hydrogens (tertiary/aromatic N) is 1. The van der Waals surface area contributed by atoms with Crippen molar-refractivity contribution in [2.45, 2.75) is 38.3 Å². The average molecular weight is 314 g/mol. The molecule has 1 aliphatic heterocycles. The largest absolute Gasteiger partial charge is 0.487 e. The van der Waals surface area contributed by atoms with Gasteiger partial charge in [-0.25, -0.2) is 4.39 Å². The zero-order valence-corrected chi connectivity index (χ0v) is 13.2. The van der Waals surface area contributed by atoms with Crippen LogP contribution in [0.3, 0.4) is 0 Å². The zero-order chi connectivity index (χ0) is 16.4. The average Bonchev–Trinajstić information content (AvgIpc) is 2.46. The fourth-order valence-corrected chi connectivity index (χ4v) is 2.89. The summed E-state index contributed by atoms with van der Waals surface area (Å²) in [5, 5.41) is 3.03. The van der Waals surface area contributed by atoms with E-state index >= 15 is 0 Å². The van der Waals surface area contributed by atoms with E-state index in [9.17, 15) is 9.18 Å². The molecule has 0 bridgehead atoms. The third-order valence-corrected chi connectivity index (χ3v) is 3.86. The lowest BCUT2D eigenvalue weighted by molar-refractivity contribution is -0.121. The van der Waals surface area contributed by atoms with Crippen LogP contribution >= 0.6 is 0 Å². The first kappa shape index (κ1) is 15.5. The summed E-state index contributed by atoms with van der Waals surface area (Å²) in [6, 6.07) is 7.91. The van der Waals surface area contributed by atoms with Gasteiger partial charge in [-0.2, -0.15) is 0 Å². The molecule has 0 saturated heterocycles. The second-order valence-electron chi connectivity index (χ2n) is 6.41. The molecule has 1 aliphatic rings. The van der Waals surface area contributed by atoms with E-state index in [0.717, 1.165) is 11.1 Å². The minimum Gasteiger partial charge on any atom is -0.487 e. The van der Waals surface area contributed by atoms with Gasteiger partial charge in [0.2, 0.25) is 5.91 Å². The van der Waals surface area contributed by atoms with Gasteiger partial charge in [0.05, 0.1) is 12.5 Å². The Labute approximate surface area is 134 Å². The second-order valence-corrected chi connectivity index (χ2v) is 6.41. The van der Waals surface area contributed by atoms with Crippen molar-refractivity contribution < 1.29 is 13.9 Å². The number of carbonyl (C=O) groups is 1. The monoisotopic (exact) mass is 314 g/mol. The summed E-state index contributed by atoms with van der Waals surface area (Å²) in [6.07, 6.45) is 4.25. The zero-order valence-electron chi connectivity index (χ0n) is 13.2. The third kappa shape index (κ3) is 3.67. The molecular weight excluding hydrogens is 295 g/mol. The number of aromatic nitrogens is 1. The van der Waals surface area contributed by atoms with Crippen molar-refractivity contribution in [1.29, 1.82) is 0 Å². The summed E-state index contributed by atoms with van der Waals surface area (Å²) in [4.78, 5) is 16.3. The number of hydrogen-bond acceptors (Lipinski definition) is 3. The van der Waals surface area contributed by atoms with Gasteiger partial charge in [-0.15, -0.1) is 0 Å². The van der Waals surface area contributed by atoms with Crippen molar-refractivity contribution in [3.05, 3.63) is 59.7 Å². The molecule has 0 unspecified atom stereocenters. The molecule has 23 heavy (non-hydrogen) atoms. The number of carbonyl (C=O) groups excluding carboxylic acids is 1. The molecule has 3 rings (SSSR count). The molecule has 1 aromatic heterocycles. The maximum atomic E-state index is 13.4. The van der Waals surface area contributed by atoms with Crippen LogP contribution in [-0.4, -0.2) is 16.5 Å². The number of pyridine rings is 1. The molecular formula is C18H19FN2O2. The third-order valence-electron chi connectivity index (χ3n) is 3.86. The first-order chi connectivity index (χ1) is 10.9. The summed E-state index contributed by atoms with van der Waals surface area (Å²) in [6.45, 7) is 3.86. The van der Waals surface area contributed by atoms with Crippen LogP contribution in [0.15, 0.2) is 42.7 Å². The Kier molecular flexibility index (Phi) is 4.03. The van der Waals surface area contributed by atoms with Crippen molar-refractivity contribution in [3.63, 3.8) is 0 Å². The van der Waals surface area contributed by atoms with Gasteiger partial charge < -0.3 is 10.1 Å². The first-order valence-corrected chi connectivity index (χ1v) is 7.60. The lowest BCUT2D eigenvalue weighted by Crippen LogP contribution is -2.41. The smallest absolute Gasteiger partial charge is 0.224 e. The van der Waals surface area contributed by atoms with Crippen LogP contribution in [0.5, 0.6) is 5.75 Å². The molecule has 0 fully saturated rings. The topological polar surface area (TPSA) is 51.2 Å². The number of ether oxygens (including phenoxy) is 1. The van der Waals surface area contributed by atoms with Crippen molar-refractivity contribution in [2.75, 3.05) is 0 Å². The van der Waals surface area contributed by atoms with Crippen LogP contribution in [0.1, 0.15) is 37.4 Å². The molecule has 5 heteroatoms. The summed E-state index contributed by atoms with van der Waals surface area (Å²) in [7, 11) is 0. The van der Waals surface area contributed by atoms with Gasteiger partial charge in [-0.3, -0.25) is 9.78 Å². The van der Waals surface area contributed by atoms with Gasteiger partial charge in [0, 0.05) is 30.4 Å². The highest BCUT2D eigenvalue weighted by Crippen LogP contribution is 2.39. The van der Waals surface area contributed by atoms with Crippen LogP contribution in [0.2, 0.25) is 0 Å². The van der Waals surface area contributed by atoms with Gasteiger partial charge >= 0.3 is 0 Å². The summed E-state index contributed by atoms with van der Waals surface area (Å²) >= 11 is 0. The van der Waals surface area contributed by atoms with Crippen molar-refractivity contribution in [3.8, 4) is 5.75 Å². The summed E-state index contributed by atoms with van der Waals surface area (Å²) < 4.78 is 19.3. The molecule has 0 aliphatic carbocycles. The molecule has 0 saturated carbocycles. The minimum atomic E-state index is -0.465. The fourth-order valence-electron chi connectivity index (χ4n) is 2.89. The van der Waals surface area contributed by atoms with E-state index in [1.165, 1.54) is 12.1 Å². The van der Waals surface area contributed by atoms with Crippen LogP contribution in [0.4, 0.5) is 4.39 Å². The first-order valence-electron chi connectivity index (χ1n) is 7.60. The number of rotatable bonds is 3. The maximum absolute atomic E-state index is 13.4. The normalized spacial score (nSPS) is 18.7.